The van der Waals surface area contributed by atoms with Crippen molar-refractivity contribution in [2.75, 3.05) is 5.43 Å². The minimum Gasteiger partial charge on any atom is -0.306 e. The third kappa shape index (κ3) is 2.78. The molecular formula is C10H6ClF4N5. The number of hydrazine groups is 1. The predicted octanol–water partition coefficient (Wildman–Crippen LogP) is 2.64. The lowest BCUT2D eigenvalue weighted by molar-refractivity contribution is -0.137. The third-order valence-electron chi connectivity index (χ3n) is 2.26. The molecule has 2 aromatic heterocycles. The van der Waals surface area contributed by atoms with Crippen LogP contribution < -0.4 is 11.3 Å². The number of aromatic nitrogens is 3. The number of pyridine rings is 1. The standard InChI is InChI=1S/C10H6ClF4N5/c11-5-1-4(10(13,14)15)2-17-7(5)9-18-3-6(12)8(19-9)20-16/h1-3H,16H2,(H,18,19,20). The van der Waals surface area contributed by atoms with E-state index in [4.69, 9.17) is 17.4 Å². The Morgan fingerprint density at radius 3 is 2.45 bits per heavy atom. The Hall–Kier alpha value is -2.00. The molecular weight excluding hydrogens is 302 g/mol. The van der Waals surface area contributed by atoms with Crippen molar-refractivity contribution >= 4 is 17.4 Å². The zero-order valence-electron chi connectivity index (χ0n) is 9.54. The van der Waals surface area contributed by atoms with Gasteiger partial charge in [-0.05, 0) is 6.07 Å². The van der Waals surface area contributed by atoms with Crippen molar-refractivity contribution in [3.05, 3.63) is 34.9 Å². The molecule has 0 aliphatic carbocycles. The summed E-state index contributed by atoms with van der Waals surface area (Å²) in [7, 11) is 0. The van der Waals surface area contributed by atoms with Gasteiger partial charge in [0.15, 0.2) is 17.5 Å². The first-order valence-electron chi connectivity index (χ1n) is 5.05. The average molecular weight is 308 g/mol. The summed E-state index contributed by atoms with van der Waals surface area (Å²) in [4.78, 5) is 10.8. The molecule has 2 rings (SSSR count). The molecule has 0 fully saturated rings. The Morgan fingerprint density at radius 1 is 1.20 bits per heavy atom. The number of hydrogen-bond donors (Lipinski definition) is 2. The normalized spacial score (nSPS) is 11.5. The molecule has 0 spiro atoms. The van der Waals surface area contributed by atoms with Crippen LogP contribution in [0.1, 0.15) is 5.56 Å². The Balaban J connectivity index is 2.49. The van der Waals surface area contributed by atoms with E-state index in [1.807, 2.05) is 5.43 Å². The maximum absolute atomic E-state index is 13.1. The lowest BCUT2D eigenvalue weighted by atomic mass is 10.2. The minimum atomic E-state index is -4.57. The molecule has 0 aliphatic rings. The molecule has 0 radical (unpaired) electrons. The van der Waals surface area contributed by atoms with Gasteiger partial charge in [0, 0.05) is 6.20 Å². The molecule has 0 aliphatic heterocycles. The number of nitrogens with two attached hydrogens (primary N) is 1. The second-order valence-corrected chi connectivity index (χ2v) is 3.99. The molecule has 10 heteroatoms. The van der Waals surface area contributed by atoms with Crippen LogP contribution in [0.2, 0.25) is 5.02 Å². The number of hydrogen-bond acceptors (Lipinski definition) is 5. The van der Waals surface area contributed by atoms with Gasteiger partial charge < -0.3 is 5.43 Å². The van der Waals surface area contributed by atoms with Gasteiger partial charge >= 0.3 is 6.18 Å². The molecule has 2 aromatic rings. The average Bonchev–Trinajstić information content (AvgIpc) is 2.38. The van der Waals surface area contributed by atoms with Crippen molar-refractivity contribution in [1.82, 2.24) is 15.0 Å². The first-order valence-corrected chi connectivity index (χ1v) is 5.43. The molecule has 0 bridgehead atoms. The zero-order chi connectivity index (χ0) is 14.9. The van der Waals surface area contributed by atoms with Gasteiger partial charge in [-0.3, -0.25) is 4.98 Å². The highest BCUT2D eigenvalue weighted by Crippen LogP contribution is 2.33. The van der Waals surface area contributed by atoms with Gasteiger partial charge in [0.1, 0.15) is 5.69 Å². The van der Waals surface area contributed by atoms with E-state index in [0.29, 0.717) is 12.3 Å². The molecule has 0 saturated heterocycles. The van der Waals surface area contributed by atoms with Crippen LogP contribution in [-0.2, 0) is 6.18 Å². The number of anilines is 1. The highest BCUT2D eigenvalue weighted by atomic mass is 35.5. The number of nitrogens with one attached hydrogen (secondary N) is 1. The summed E-state index contributed by atoms with van der Waals surface area (Å²) in [6, 6.07) is 0.687. The lowest BCUT2D eigenvalue weighted by Gasteiger charge is -2.09. The molecule has 0 aromatic carbocycles. The van der Waals surface area contributed by atoms with Crippen molar-refractivity contribution in [3.63, 3.8) is 0 Å². The maximum atomic E-state index is 13.1. The molecule has 5 nitrogen and oxygen atoms in total. The fraction of sp³-hybridized carbons (Fsp3) is 0.100. The van der Waals surface area contributed by atoms with Crippen LogP contribution in [-0.4, -0.2) is 15.0 Å². The van der Waals surface area contributed by atoms with E-state index >= 15 is 0 Å². The van der Waals surface area contributed by atoms with E-state index in [1.165, 1.54) is 0 Å². The van der Waals surface area contributed by atoms with E-state index < -0.39 is 17.6 Å². The van der Waals surface area contributed by atoms with Crippen LogP contribution >= 0.6 is 11.6 Å². The Bertz CT molecular complexity index is 646. The fourth-order valence-electron chi connectivity index (χ4n) is 1.34. The van der Waals surface area contributed by atoms with E-state index in [1.54, 1.807) is 0 Å². The molecule has 0 atom stereocenters. The van der Waals surface area contributed by atoms with Crippen molar-refractivity contribution in [2.24, 2.45) is 5.84 Å². The number of nitrogen functional groups attached to an aromatic ring is 1. The zero-order valence-corrected chi connectivity index (χ0v) is 10.3. The van der Waals surface area contributed by atoms with Crippen molar-refractivity contribution in [1.29, 1.82) is 0 Å². The topological polar surface area (TPSA) is 76.7 Å². The Morgan fingerprint density at radius 2 is 1.90 bits per heavy atom. The second-order valence-electron chi connectivity index (χ2n) is 3.59. The summed E-state index contributed by atoms with van der Waals surface area (Å²) in [5.74, 6) is 3.73. The number of halogens is 5. The Kier molecular flexibility index (Phi) is 3.73. The van der Waals surface area contributed by atoms with Gasteiger partial charge in [0.05, 0.1) is 16.8 Å². The lowest BCUT2D eigenvalue weighted by Crippen LogP contribution is -2.12. The van der Waals surface area contributed by atoms with Crippen LogP contribution in [0.5, 0.6) is 0 Å². The van der Waals surface area contributed by atoms with Crippen molar-refractivity contribution < 1.29 is 17.6 Å². The quantitative estimate of drug-likeness (QED) is 0.507. The monoisotopic (exact) mass is 307 g/mol. The first kappa shape index (κ1) is 14.4. The van der Waals surface area contributed by atoms with Crippen LogP contribution in [0.25, 0.3) is 11.5 Å². The van der Waals surface area contributed by atoms with Crippen molar-refractivity contribution in [2.45, 2.75) is 6.18 Å². The van der Waals surface area contributed by atoms with Crippen LogP contribution in [0, 0.1) is 5.82 Å². The smallest absolute Gasteiger partial charge is 0.306 e. The Labute approximate surface area is 114 Å². The van der Waals surface area contributed by atoms with Gasteiger partial charge in [-0.25, -0.2) is 20.2 Å². The predicted molar refractivity (Wildman–Crippen MR) is 63.0 cm³/mol. The summed E-state index contributed by atoms with van der Waals surface area (Å²) in [6.07, 6.45) is -3.18. The second kappa shape index (κ2) is 5.17. The van der Waals surface area contributed by atoms with E-state index in [9.17, 15) is 17.6 Å². The van der Waals surface area contributed by atoms with Gasteiger partial charge in [0.2, 0.25) is 0 Å². The molecule has 0 unspecified atom stereocenters. The number of rotatable bonds is 2. The van der Waals surface area contributed by atoms with Gasteiger partial charge in [0.25, 0.3) is 0 Å². The van der Waals surface area contributed by atoms with E-state index in [2.05, 4.69) is 15.0 Å². The van der Waals surface area contributed by atoms with Crippen LogP contribution in [0.4, 0.5) is 23.4 Å². The largest absolute Gasteiger partial charge is 0.417 e. The molecule has 0 amide bonds. The third-order valence-corrected chi connectivity index (χ3v) is 2.55. The molecule has 0 saturated carbocycles. The number of alkyl halides is 3. The summed E-state index contributed by atoms with van der Waals surface area (Å²) >= 11 is 5.72. The SMILES string of the molecule is NNc1nc(-c2ncc(C(F)(F)F)cc2Cl)ncc1F. The van der Waals surface area contributed by atoms with Crippen molar-refractivity contribution in [3.8, 4) is 11.5 Å². The molecule has 106 valence electrons. The van der Waals surface area contributed by atoms with Gasteiger partial charge in [-0.15, -0.1) is 0 Å². The van der Waals surface area contributed by atoms with E-state index in [0.717, 1.165) is 6.20 Å². The minimum absolute atomic E-state index is 0.115. The summed E-state index contributed by atoms with van der Waals surface area (Å²) < 4.78 is 50.5. The summed E-state index contributed by atoms with van der Waals surface area (Å²) in [6.45, 7) is 0. The molecule has 2 heterocycles. The summed E-state index contributed by atoms with van der Waals surface area (Å²) in [5.41, 5.74) is 0.860. The molecule has 3 N–H and O–H groups in total. The first-order chi connectivity index (χ1) is 9.32. The molecule has 20 heavy (non-hydrogen) atoms. The van der Waals surface area contributed by atoms with Gasteiger partial charge in [-0.2, -0.15) is 13.2 Å². The van der Waals surface area contributed by atoms with Crippen LogP contribution in [0.3, 0.4) is 0 Å². The summed E-state index contributed by atoms with van der Waals surface area (Å²) in [5, 5.41) is -0.311. The fourth-order valence-corrected chi connectivity index (χ4v) is 1.59. The highest BCUT2D eigenvalue weighted by Gasteiger charge is 2.31. The van der Waals surface area contributed by atoms with Crippen LogP contribution in [0.15, 0.2) is 18.5 Å². The number of nitrogens with zero attached hydrogens (tertiary/aromatic N) is 3. The highest BCUT2D eigenvalue weighted by molar-refractivity contribution is 6.32. The van der Waals surface area contributed by atoms with E-state index in [-0.39, 0.29) is 22.4 Å². The maximum Gasteiger partial charge on any atom is 0.417 e. The van der Waals surface area contributed by atoms with Gasteiger partial charge in [-0.1, -0.05) is 11.6 Å².